The molecule has 0 aromatic heterocycles. The van der Waals surface area contributed by atoms with Gasteiger partial charge in [0, 0.05) is 28.9 Å². The van der Waals surface area contributed by atoms with Crippen LogP contribution in [0.15, 0.2) is 22.7 Å². The Morgan fingerprint density at radius 3 is 3.00 bits per heavy atom. The van der Waals surface area contributed by atoms with Crippen molar-refractivity contribution in [2.45, 2.75) is 43.3 Å². The number of halogens is 1. The molecule has 25 heavy (non-hydrogen) atoms. The van der Waals surface area contributed by atoms with Crippen molar-refractivity contribution in [3.63, 3.8) is 0 Å². The van der Waals surface area contributed by atoms with E-state index in [1.165, 1.54) is 0 Å². The van der Waals surface area contributed by atoms with Crippen LogP contribution in [0.5, 0.6) is 0 Å². The molecule has 4 heterocycles. The summed E-state index contributed by atoms with van der Waals surface area (Å²) in [5.74, 6) is -0.552. The summed E-state index contributed by atoms with van der Waals surface area (Å²) in [4.78, 5) is 15.0. The molecule has 1 amide bonds. The number of aliphatic hydroxyl groups excluding tert-OH is 1. The molecule has 1 aromatic rings. The highest BCUT2D eigenvalue weighted by Crippen LogP contribution is 2.65. The Labute approximate surface area is 153 Å². The largest absolute Gasteiger partial charge is 0.390 e. The first-order valence-electron chi connectivity index (χ1n) is 8.44. The Balaban J connectivity index is 1.62. The van der Waals surface area contributed by atoms with Crippen LogP contribution in [0.2, 0.25) is 0 Å². The van der Waals surface area contributed by atoms with Crippen LogP contribution in [0, 0.1) is 23.2 Å². The summed E-state index contributed by atoms with van der Waals surface area (Å²) >= 11 is 3.39. The molecule has 4 saturated heterocycles. The van der Waals surface area contributed by atoms with Crippen molar-refractivity contribution < 1.29 is 19.4 Å². The van der Waals surface area contributed by atoms with Crippen molar-refractivity contribution in [2.75, 3.05) is 11.5 Å². The Kier molecular flexibility index (Phi) is 3.05. The lowest BCUT2D eigenvalue weighted by molar-refractivity contribution is -0.142. The first kappa shape index (κ1) is 15.8. The highest BCUT2D eigenvalue weighted by molar-refractivity contribution is 9.10. The minimum atomic E-state index is -0.855. The van der Waals surface area contributed by atoms with E-state index in [1.54, 1.807) is 23.1 Å². The summed E-state index contributed by atoms with van der Waals surface area (Å²) in [6, 6.07) is 7.36. The maximum absolute atomic E-state index is 13.3. The number of anilines is 1. The highest BCUT2D eigenvalue weighted by Gasteiger charge is 2.77. The van der Waals surface area contributed by atoms with Crippen molar-refractivity contribution in [3.05, 3.63) is 28.2 Å². The molecule has 0 radical (unpaired) electrons. The molecule has 1 N–H and O–H groups in total. The second-order valence-electron chi connectivity index (χ2n) is 7.57. The number of ether oxygens (including phenoxy) is 2. The number of nitriles is 1. The summed E-state index contributed by atoms with van der Waals surface area (Å²) in [6.45, 7) is 2.35. The minimum Gasteiger partial charge on any atom is -0.390 e. The fourth-order valence-electron chi connectivity index (χ4n) is 5.34. The van der Waals surface area contributed by atoms with Gasteiger partial charge in [0.25, 0.3) is 0 Å². The molecule has 0 unspecified atom stereocenters. The van der Waals surface area contributed by atoms with Gasteiger partial charge in [0.1, 0.15) is 17.9 Å². The highest BCUT2D eigenvalue weighted by atomic mass is 79.9. The van der Waals surface area contributed by atoms with E-state index in [9.17, 15) is 9.90 Å². The summed E-state index contributed by atoms with van der Waals surface area (Å²) in [5, 5.41) is 19.6. The number of nitrogens with zero attached hydrogens (tertiary/aromatic N) is 2. The van der Waals surface area contributed by atoms with Crippen LogP contribution < -0.4 is 4.90 Å². The third-order valence-electron chi connectivity index (χ3n) is 6.44. The average molecular weight is 405 g/mol. The quantitative estimate of drug-likeness (QED) is 0.772. The molecule has 4 aliphatic rings. The Bertz CT molecular complexity index is 839. The predicted octanol–water partition coefficient (Wildman–Crippen LogP) is 1.94. The van der Waals surface area contributed by atoms with Crippen LogP contribution in [-0.4, -0.2) is 41.2 Å². The van der Waals surface area contributed by atoms with E-state index < -0.39 is 23.2 Å². The molecule has 2 bridgehead atoms. The lowest BCUT2D eigenvalue weighted by atomic mass is 9.65. The van der Waals surface area contributed by atoms with Gasteiger partial charge < -0.3 is 14.6 Å². The summed E-state index contributed by atoms with van der Waals surface area (Å²) < 4.78 is 12.9. The number of fused-ring (bicyclic) bond motifs is 2. The molecule has 6 nitrogen and oxygen atoms in total. The molecule has 6 atom stereocenters. The second kappa shape index (κ2) is 4.83. The van der Waals surface area contributed by atoms with Crippen LogP contribution >= 0.6 is 15.9 Å². The lowest BCUT2D eigenvalue weighted by Crippen LogP contribution is -2.53. The molecule has 7 heteroatoms. The third kappa shape index (κ3) is 1.76. The van der Waals surface area contributed by atoms with Gasteiger partial charge in [0.2, 0.25) is 5.91 Å². The minimum absolute atomic E-state index is 0.0726. The molecule has 0 saturated carbocycles. The van der Waals surface area contributed by atoms with Gasteiger partial charge in [-0.25, -0.2) is 0 Å². The fourth-order valence-corrected chi connectivity index (χ4v) is 5.80. The summed E-state index contributed by atoms with van der Waals surface area (Å²) in [7, 11) is 0. The number of benzene rings is 1. The number of hydrogen-bond acceptors (Lipinski definition) is 5. The van der Waals surface area contributed by atoms with E-state index in [0.717, 1.165) is 0 Å². The Morgan fingerprint density at radius 1 is 1.48 bits per heavy atom. The van der Waals surface area contributed by atoms with E-state index in [4.69, 9.17) is 14.7 Å². The monoisotopic (exact) mass is 404 g/mol. The van der Waals surface area contributed by atoms with Crippen molar-refractivity contribution in [3.8, 4) is 6.07 Å². The number of carbonyl (C=O) groups excluding carboxylic acids is 1. The molecule has 4 fully saturated rings. The molecule has 130 valence electrons. The van der Waals surface area contributed by atoms with Gasteiger partial charge in [0.05, 0.1) is 29.8 Å². The molecule has 5 rings (SSSR count). The van der Waals surface area contributed by atoms with Crippen molar-refractivity contribution in [1.29, 1.82) is 5.26 Å². The molecule has 0 aliphatic carbocycles. The topological polar surface area (TPSA) is 82.8 Å². The van der Waals surface area contributed by atoms with E-state index in [-0.39, 0.29) is 18.1 Å². The number of carbonyl (C=O) groups is 1. The molecular weight excluding hydrogens is 388 g/mol. The van der Waals surface area contributed by atoms with Crippen LogP contribution in [0.4, 0.5) is 5.69 Å². The molecule has 1 aromatic carbocycles. The third-order valence-corrected chi connectivity index (χ3v) is 7.09. The SMILES string of the molecule is C[C@]12O[C@@]3(CCO[C@H]4[C@@H]3[C@@H]1C(=O)N4c1ccc(C#N)c(Br)c1)C[C@H]2O. The standard InChI is InChI=1S/C18H17BrN2O4/c1-17-12(22)7-18(25-17)4-5-24-16-14(18)13(17)15(23)21(16)10-3-2-9(8-20)11(19)6-10/h2-3,6,12-14,16,22H,4-5,7H2,1H3/t12-,13-,14+,16+,17-,18+/m1/s1. The van der Waals surface area contributed by atoms with Gasteiger partial charge in [-0.15, -0.1) is 0 Å². The van der Waals surface area contributed by atoms with Crippen LogP contribution in [-0.2, 0) is 14.3 Å². The van der Waals surface area contributed by atoms with Gasteiger partial charge in [-0.2, -0.15) is 5.26 Å². The maximum Gasteiger partial charge on any atom is 0.235 e. The number of rotatable bonds is 1. The summed E-state index contributed by atoms with van der Waals surface area (Å²) in [5.41, 5.74) is -0.116. The number of amides is 1. The molecular formula is C18H17BrN2O4. The second-order valence-corrected chi connectivity index (χ2v) is 8.42. The van der Waals surface area contributed by atoms with Gasteiger partial charge in [-0.05, 0) is 41.1 Å². The Morgan fingerprint density at radius 2 is 2.28 bits per heavy atom. The van der Waals surface area contributed by atoms with Gasteiger partial charge in [0.15, 0.2) is 0 Å². The smallest absolute Gasteiger partial charge is 0.235 e. The van der Waals surface area contributed by atoms with Crippen molar-refractivity contribution in [2.24, 2.45) is 11.8 Å². The van der Waals surface area contributed by atoms with Gasteiger partial charge in [-0.1, -0.05) is 0 Å². The van der Waals surface area contributed by atoms with Gasteiger partial charge in [-0.3, -0.25) is 9.69 Å². The van der Waals surface area contributed by atoms with E-state index >= 15 is 0 Å². The zero-order valence-electron chi connectivity index (χ0n) is 13.6. The van der Waals surface area contributed by atoms with Crippen LogP contribution in [0.3, 0.4) is 0 Å². The Hall–Kier alpha value is -1.46. The van der Waals surface area contributed by atoms with E-state index in [0.29, 0.717) is 35.2 Å². The van der Waals surface area contributed by atoms with E-state index in [2.05, 4.69) is 22.0 Å². The zero-order valence-corrected chi connectivity index (χ0v) is 15.2. The first-order chi connectivity index (χ1) is 11.9. The first-order valence-corrected chi connectivity index (χ1v) is 9.23. The zero-order chi connectivity index (χ0) is 17.6. The van der Waals surface area contributed by atoms with Crippen LogP contribution in [0.1, 0.15) is 25.3 Å². The van der Waals surface area contributed by atoms with Gasteiger partial charge >= 0.3 is 0 Å². The lowest BCUT2D eigenvalue weighted by Gasteiger charge is -2.42. The predicted molar refractivity (Wildman–Crippen MR) is 90.5 cm³/mol. The fraction of sp³-hybridized carbons (Fsp3) is 0.556. The number of aliphatic hydroxyl groups is 1. The summed E-state index contributed by atoms with van der Waals surface area (Å²) in [6.07, 6.45) is 0.239. The van der Waals surface area contributed by atoms with Crippen LogP contribution in [0.25, 0.3) is 0 Å². The molecule has 1 spiro atoms. The maximum atomic E-state index is 13.3. The normalized spacial score (nSPS) is 44.1. The average Bonchev–Trinajstić information content (AvgIpc) is 3.12. The number of hydrogen-bond donors (Lipinski definition) is 1. The van der Waals surface area contributed by atoms with E-state index in [1.807, 2.05) is 6.92 Å². The molecule has 4 aliphatic heterocycles. The van der Waals surface area contributed by atoms with Crippen molar-refractivity contribution in [1.82, 2.24) is 0 Å². The van der Waals surface area contributed by atoms with Crippen molar-refractivity contribution >= 4 is 27.5 Å².